The molecule has 4 nitrogen and oxygen atoms in total. The van der Waals surface area contributed by atoms with Crippen LogP contribution in [0.3, 0.4) is 0 Å². The fraction of sp³-hybridized carbons (Fsp3) is 0.571. The molecule has 0 aliphatic carbocycles. The van der Waals surface area contributed by atoms with Crippen LogP contribution in [-0.4, -0.2) is 11.0 Å². The van der Waals surface area contributed by atoms with E-state index in [9.17, 15) is 14.5 Å². The maximum absolute atomic E-state index is 13.2. The van der Waals surface area contributed by atoms with Crippen LogP contribution in [0.4, 0.5) is 15.8 Å². The Labute approximate surface area is 113 Å². The molecule has 1 N–H and O–H groups in total. The topological polar surface area (TPSA) is 55.2 Å². The molecule has 5 heteroatoms. The molecule has 0 aliphatic rings. The zero-order valence-electron chi connectivity index (χ0n) is 11.5. The van der Waals surface area contributed by atoms with Crippen molar-refractivity contribution < 1.29 is 9.31 Å². The number of unbranched alkanes of at least 4 members (excludes halogenated alkanes) is 1. The number of halogens is 1. The van der Waals surface area contributed by atoms with E-state index in [2.05, 4.69) is 19.2 Å². The molecule has 1 rings (SSSR count). The highest BCUT2D eigenvalue weighted by molar-refractivity contribution is 5.61. The van der Waals surface area contributed by atoms with Crippen molar-refractivity contribution in [1.29, 1.82) is 0 Å². The molecule has 1 aromatic carbocycles. The standard InChI is InChI=1S/C14H21FN2O2/c1-3-5-7-12(6-4-2)16-13-10-11(15)8-9-14(13)17(18)19/h8-10,12,16H,3-7H2,1-2H3. The smallest absolute Gasteiger partial charge is 0.292 e. The van der Waals surface area contributed by atoms with E-state index in [1.807, 2.05) is 0 Å². The van der Waals surface area contributed by atoms with Gasteiger partial charge in [0.2, 0.25) is 0 Å². The molecule has 1 unspecified atom stereocenters. The summed E-state index contributed by atoms with van der Waals surface area (Å²) in [6.45, 7) is 4.17. The van der Waals surface area contributed by atoms with Crippen LogP contribution in [-0.2, 0) is 0 Å². The van der Waals surface area contributed by atoms with Gasteiger partial charge in [0.25, 0.3) is 5.69 Å². The van der Waals surface area contributed by atoms with Gasteiger partial charge in [-0.05, 0) is 18.9 Å². The van der Waals surface area contributed by atoms with Crippen LogP contribution < -0.4 is 5.32 Å². The summed E-state index contributed by atoms with van der Waals surface area (Å²) in [7, 11) is 0. The average molecular weight is 268 g/mol. The Hall–Kier alpha value is -1.65. The number of hydrogen-bond acceptors (Lipinski definition) is 3. The van der Waals surface area contributed by atoms with E-state index in [1.54, 1.807) is 0 Å². The molecular formula is C14H21FN2O2. The van der Waals surface area contributed by atoms with Crippen LogP contribution in [0, 0.1) is 15.9 Å². The average Bonchev–Trinajstić information content (AvgIpc) is 2.36. The van der Waals surface area contributed by atoms with E-state index < -0.39 is 10.7 Å². The largest absolute Gasteiger partial charge is 0.377 e. The summed E-state index contributed by atoms with van der Waals surface area (Å²) >= 11 is 0. The molecule has 0 spiro atoms. The number of benzene rings is 1. The number of hydrogen-bond donors (Lipinski definition) is 1. The molecule has 1 atom stereocenters. The Balaban J connectivity index is 2.87. The lowest BCUT2D eigenvalue weighted by atomic mass is 10.0. The van der Waals surface area contributed by atoms with Crippen LogP contribution in [0.25, 0.3) is 0 Å². The third-order valence-electron chi connectivity index (χ3n) is 3.06. The van der Waals surface area contributed by atoms with Crippen molar-refractivity contribution in [2.45, 2.75) is 52.0 Å². The van der Waals surface area contributed by atoms with Gasteiger partial charge in [-0.3, -0.25) is 10.1 Å². The van der Waals surface area contributed by atoms with E-state index in [-0.39, 0.29) is 17.4 Å². The minimum Gasteiger partial charge on any atom is -0.377 e. The number of rotatable bonds is 8. The highest BCUT2D eigenvalue weighted by atomic mass is 19.1. The molecule has 0 heterocycles. The predicted octanol–water partition coefficient (Wildman–Crippen LogP) is 4.50. The second-order valence-electron chi connectivity index (χ2n) is 4.69. The van der Waals surface area contributed by atoms with E-state index in [1.165, 1.54) is 12.1 Å². The first-order chi connectivity index (χ1) is 9.08. The first-order valence-electron chi connectivity index (χ1n) is 6.79. The summed E-state index contributed by atoms with van der Waals surface area (Å²) in [6, 6.07) is 3.68. The molecule has 0 saturated carbocycles. The van der Waals surface area contributed by atoms with Gasteiger partial charge < -0.3 is 5.32 Å². The van der Waals surface area contributed by atoms with Crippen molar-refractivity contribution in [3.05, 3.63) is 34.1 Å². The Kier molecular flexibility index (Phi) is 6.25. The minimum atomic E-state index is -0.482. The van der Waals surface area contributed by atoms with Crippen molar-refractivity contribution in [3.63, 3.8) is 0 Å². The highest BCUT2D eigenvalue weighted by Crippen LogP contribution is 2.27. The second kappa shape index (κ2) is 7.71. The molecule has 1 aromatic rings. The SMILES string of the molecule is CCCCC(CCC)Nc1cc(F)ccc1[N+](=O)[O-]. The van der Waals surface area contributed by atoms with Crippen molar-refractivity contribution in [2.24, 2.45) is 0 Å². The second-order valence-corrected chi connectivity index (χ2v) is 4.69. The number of nitrogens with one attached hydrogen (secondary N) is 1. The molecule has 19 heavy (non-hydrogen) atoms. The van der Waals surface area contributed by atoms with Gasteiger partial charge in [0, 0.05) is 18.2 Å². The first-order valence-corrected chi connectivity index (χ1v) is 6.79. The van der Waals surface area contributed by atoms with Crippen LogP contribution in [0.5, 0.6) is 0 Å². The summed E-state index contributed by atoms with van der Waals surface area (Å²) < 4.78 is 13.2. The maximum Gasteiger partial charge on any atom is 0.292 e. The Morgan fingerprint density at radius 2 is 2.05 bits per heavy atom. The van der Waals surface area contributed by atoms with Gasteiger partial charge in [-0.1, -0.05) is 33.1 Å². The summed E-state index contributed by atoms with van der Waals surface area (Å²) in [6.07, 6.45) is 4.99. The first kappa shape index (κ1) is 15.4. The van der Waals surface area contributed by atoms with Crippen LogP contribution in [0.1, 0.15) is 46.0 Å². The molecule has 0 radical (unpaired) electrons. The zero-order valence-corrected chi connectivity index (χ0v) is 11.5. The van der Waals surface area contributed by atoms with E-state index in [4.69, 9.17) is 0 Å². The number of nitro groups is 1. The fourth-order valence-corrected chi connectivity index (χ4v) is 2.09. The molecule has 106 valence electrons. The van der Waals surface area contributed by atoms with Gasteiger partial charge in [-0.15, -0.1) is 0 Å². The fourth-order valence-electron chi connectivity index (χ4n) is 2.09. The van der Waals surface area contributed by atoms with Crippen molar-refractivity contribution in [2.75, 3.05) is 5.32 Å². The number of nitrogens with zero attached hydrogens (tertiary/aromatic N) is 1. The van der Waals surface area contributed by atoms with Gasteiger partial charge in [0.1, 0.15) is 11.5 Å². The minimum absolute atomic E-state index is 0.0704. The lowest BCUT2D eigenvalue weighted by Gasteiger charge is -2.19. The molecule has 0 saturated heterocycles. The summed E-state index contributed by atoms with van der Waals surface area (Å²) in [5.41, 5.74) is 0.207. The van der Waals surface area contributed by atoms with E-state index in [0.717, 1.165) is 38.2 Å². The Morgan fingerprint density at radius 1 is 1.32 bits per heavy atom. The lowest BCUT2D eigenvalue weighted by molar-refractivity contribution is -0.384. The van der Waals surface area contributed by atoms with Crippen LogP contribution in [0.15, 0.2) is 18.2 Å². The molecule has 0 aliphatic heterocycles. The van der Waals surface area contributed by atoms with Crippen molar-refractivity contribution in [1.82, 2.24) is 0 Å². The van der Waals surface area contributed by atoms with Crippen molar-refractivity contribution >= 4 is 11.4 Å². The van der Waals surface area contributed by atoms with Crippen LogP contribution >= 0.6 is 0 Å². The molecule has 0 bridgehead atoms. The maximum atomic E-state index is 13.2. The van der Waals surface area contributed by atoms with Gasteiger partial charge in [-0.25, -0.2) is 4.39 Å². The number of anilines is 1. The van der Waals surface area contributed by atoms with Gasteiger partial charge in [0.15, 0.2) is 0 Å². The highest BCUT2D eigenvalue weighted by Gasteiger charge is 2.17. The molecule has 0 fully saturated rings. The van der Waals surface area contributed by atoms with Gasteiger partial charge in [-0.2, -0.15) is 0 Å². The third-order valence-corrected chi connectivity index (χ3v) is 3.06. The third kappa shape index (κ3) is 4.85. The van der Waals surface area contributed by atoms with Gasteiger partial charge in [0.05, 0.1) is 4.92 Å². The predicted molar refractivity (Wildman–Crippen MR) is 74.9 cm³/mol. The molecule has 0 amide bonds. The Morgan fingerprint density at radius 3 is 2.63 bits per heavy atom. The summed E-state index contributed by atoms with van der Waals surface area (Å²) in [4.78, 5) is 10.4. The van der Waals surface area contributed by atoms with Gasteiger partial charge >= 0.3 is 0 Å². The van der Waals surface area contributed by atoms with E-state index in [0.29, 0.717) is 0 Å². The molecule has 0 aromatic heterocycles. The number of nitro benzene ring substituents is 1. The quantitative estimate of drug-likeness (QED) is 0.557. The normalized spacial score (nSPS) is 12.2. The Bertz CT molecular complexity index is 424. The lowest BCUT2D eigenvalue weighted by Crippen LogP contribution is -2.20. The van der Waals surface area contributed by atoms with E-state index >= 15 is 0 Å². The van der Waals surface area contributed by atoms with Crippen molar-refractivity contribution in [3.8, 4) is 0 Å². The zero-order chi connectivity index (χ0) is 14.3. The monoisotopic (exact) mass is 268 g/mol. The van der Waals surface area contributed by atoms with Crippen LogP contribution in [0.2, 0.25) is 0 Å². The summed E-state index contributed by atoms with van der Waals surface area (Å²) in [5.74, 6) is -0.459. The summed E-state index contributed by atoms with van der Waals surface area (Å²) in [5, 5.41) is 14.1. The molecular weight excluding hydrogens is 247 g/mol.